The molecule has 0 spiro atoms. The van der Waals surface area contributed by atoms with Crippen LogP contribution in [-0.2, 0) is 0 Å². The molecule has 0 bridgehead atoms. The summed E-state index contributed by atoms with van der Waals surface area (Å²) in [5.41, 5.74) is 0.319. The molecule has 0 aromatic carbocycles. The van der Waals surface area contributed by atoms with E-state index in [2.05, 4.69) is 42.9 Å². The van der Waals surface area contributed by atoms with E-state index in [4.69, 9.17) is 0 Å². The van der Waals surface area contributed by atoms with Crippen LogP contribution in [0.2, 0.25) is 0 Å². The third-order valence-electron chi connectivity index (χ3n) is 5.04. The maximum atomic E-state index is 3.75. The predicted molar refractivity (Wildman–Crippen MR) is 78.0 cm³/mol. The molecule has 0 saturated carbocycles. The van der Waals surface area contributed by atoms with Gasteiger partial charge in [0.25, 0.3) is 0 Å². The highest BCUT2D eigenvalue weighted by Gasteiger charge is 2.34. The third-order valence-corrected chi connectivity index (χ3v) is 5.04. The van der Waals surface area contributed by atoms with Gasteiger partial charge in [-0.15, -0.1) is 0 Å². The van der Waals surface area contributed by atoms with Gasteiger partial charge >= 0.3 is 0 Å². The Labute approximate surface area is 113 Å². The van der Waals surface area contributed by atoms with E-state index in [9.17, 15) is 0 Å². The minimum Gasteiger partial charge on any atom is -0.310 e. The summed E-state index contributed by atoms with van der Waals surface area (Å²) in [6, 6.07) is 0.798. The minimum atomic E-state index is 0.319. The molecule has 2 fully saturated rings. The van der Waals surface area contributed by atoms with Crippen LogP contribution in [0, 0.1) is 5.92 Å². The number of likely N-dealkylation sites (tertiary alicyclic amines) is 1. The maximum absolute atomic E-state index is 3.75. The first-order valence-corrected chi connectivity index (χ1v) is 7.72. The molecule has 2 rings (SSSR count). The summed E-state index contributed by atoms with van der Waals surface area (Å²) >= 11 is 0. The van der Waals surface area contributed by atoms with Crippen molar-refractivity contribution in [2.45, 2.75) is 51.6 Å². The fourth-order valence-corrected chi connectivity index (χ4v) is 3.66. The van der Waals surface area contributed by atoms with Crippen LogP contribution in [0.5, 0.6) is 0 Å². The van der Waals surface area contributed by atoms with Crippen LogP contribution in [0.25, 0.3) is 0 Å². The predicted octanol–water partition coefficient (Wildman–Crippen LogP) is 1.79. The molecular formula is C15H31N3. The quantitative estimate of drug-likeness (QED) is 0.809. The summed E-state index contributed by atoms with van der Waals surface area (Å²) < 4.78 is 0. The van der Waals surface area contributed by atoms with Crippen molar-refractivity contribution in [1.82, 2.24) is 15.1 Å². The van der Waals surface area contributed by atoms with E-state index in [0.29, 0.717) is 5.54 Å². The van der Waals surface area contributed by atoms with E-state index in [1.807, 2.05) is 0 Å². The van der Waals surface area contributed by atoms with Gasteiger partial charge in [0.05, 0.1) is 0 Å². The summed E-state index contributed by atoms with van der Waals surface area (Å²) in [7, 11) is 2.26. The van der Waals surface area contributed by atoms with Gasteiger partial charge in [0.1, 0.15) is 0 Å². The van der Waals surface area contributed by atoms with E-state index >= 15 is 0 Å². The van der Waals surface area contributed by atoms with Crippen molar-refractivity contribution < 1.29 is 0 Å². The van der Waals surface area contributed by atoms with Crippen molar-refractivity contribution in [3.05, 3.63) is 0 Å². The number of nitrogens with zero attached hydrogens (tertiary/aromatic N) is 2. The molecule has 3 unspecified atom stereocenters. The molecule has 1 N–H and O–H groups in total. The zero-order valence-corrected chi connectivity index (χ0v) is 12.7. The van der Waals surface area contributed by atoms with Gasteiger partial charge in [-0.1, -0.05) is 13.8 Å². The topological polar surface area (TPSA) is 18.5 Å². The second-order valence-corrected chi connectivity index (χ2v) is 6.76. The standard InChI is InChI=1S/C15H31N3/c1-5-15(3)12-18(9-6-8-16-15)14-7-10-17(4)11-13(14)2/h13-14,16H,5-12H2,1-4H3. The average molecular weight is 253 g/mol. The number of nitrogens with one attached hydrogen (secondary N) is 1. The van der Waals surface area contributed by atoms with Crippen LogP contribution in [0.3, 0.4) is 0 Å². The van der Waals surface area contributed by atoms with E-state index in [1.54, 1.807) is 0 Å². The van der Waals surface area contributed by atoms with Crippen LogP contribution in [0.4, 0.5) is 0 Å². The van der Waals surface area contributed by atoms with Crippen molar-refractivity contribution >= 4 is 0 Å². The lowest BCUT2D eigenvalue weighted by Gasteiger charge is -2.44. The summed E-state index contributed by atoms with van der Waals surface area (Å²) in [5, 5.41) is 3.75. The molecule has 106 valence electrons. The average Bonchev–Trinajstić information content (AvgIpc) is 2.52. The van der Waals surface area contributed by atoms with E-state index in [-0.39, 0.29) is 0 Å². The Balaban J connectivity index is 2.02. The van der Waals surface area contributed by atoms with Gasteiger partial charge in [-0.3, -0.25) is 4.90 Å². The number of hydrogen-bond acceptors (Lipinski definition) is 3. The molecule has 3 nitrogen and oxygen atoms in total. The van der Waals surface area contributed by atoms with Gasteiger partial charge in [-0.05, 0) is 58.8 Å². The highest BCUT2D eigenvalue weighted by molar-refractivity contribution is 4.93. The molecular weight excluding hydrogens is 222 g/mol. The molecule has 0 aromatic rings. The Bertz CT molecular complexity index is 268. The fraction of sp³-hybridized carbons (Fsp3) is 1.00. The summed E-state index contributed by atoms with van der Waals surface area (Å²) in [4.78, 5) is 5.26. The molecule has 3 heteroatoms. The SMILES string of the molecule is CCC1(C)CN(C2CCN(C)CC2C)CCCN1. The van der Waals surface area contributed by atoms with Crippen molar-refractivity contribution in [3.63, 3.8) is 0 Å². The molecule has 0 aliphatic carbocycles. The van der Waals surface area contributed by atoms with Crippen molar-refractivity contribution in [2.75, 3.05) is 39.8 Å². The monoisotopic (exact) mass is 253 g/mol. The lowest BCUT2D eigenvalue weighted by molar-refractivity contribution is 0.0628. The zero-order chi connectivity index (χ0) is 13.2. The van der Waals surface area contributed by atoms with Gasteiger partial charge in [-0.2, -0.15) is 0 Å². The highest BCUT2D eigenvalue weighted by Crippen LogP contribution is 2.25. The van der Waals surface area contributed by atoms with E-state index in [1.165, 1.54) is 52.0 Å². The van der Waals surface area contributed by atoms with Gasteiger partial charge in [0.15, 0.2) is 0 Å². The number of hydrogen-bond donors (Lipinski definition) is 1. The van der Waals surface area contributed by atoms with Gasteiger partial charge in [-0.25, -0.2) is 0 Å². The maximum Gasteiger partial charge on any atom is 0.0277 e. The molecule has 2 aliphatic rings. The lowest BCUT2D eigenvalue weighted by Crippen LogP contribution is -2.55. The highest BCUT2D eigenvalue weighted by atomic mass is 15.2. The van der Waals surface area contributed by atoms with Crippen LogP contribution in [0.15, 0.2) is 0 Å². The summed E-state index contributed by atoms with van der Waals surface area (Å²) in [6.07, 6.45) is 3.87. The summed E-state index contributed by atoms with van der Waals surface area (Å²) in [5.74, 6) is 0.808. The molecule has 0 aromatic heterocycles. The second-order valence-electron chi connectivity index (χ2n) is 6.76. The molecule has 2 saturated heterocycles. The molecule has 0 radical (unpaired) electrons. The Morgan fingerprint density at radius 1 is 1.33 bits per heavy atom. The Morgan fingerprint density at radius 3 is 2.78 bits per heavy atom. The first kappa shape index (κ1) is 14.3. The van der Waals surface area contributed by atoms with E-state index < -0.39 is 0 Å². The summed E-state index contributed by atoms with van der Waals surface area (Å²) in [6.45, 7) is 13.4. The second kappa shape index (κ2) is 5.89. The van der Waals surface area contributed by atoms with Crippen LogP contribution in [0.1, 0.15) is 40.0 Å². The van der Waals surface area contributed by atoms with Gasteiger partial charge in [0.2, 0.25) is 0 Å². The number of rotatable bonds is 2. The van der Waals surface area contributed by atoms with Crippen LogP contribution >= 0.6 is 0 Å². The first-order valence-electron chi connectivity index (χ1n) is 7.72. The number of piperidine rings is 1. The third kappa shape index (κ3) is 3.25. The molecule has 3 atom stereocenters. The Kier molecular flexibility index (Phi) is 4.68. The van der Waals surface area contributed by atoms with Gasteiger partial charge < -0.3 is 10.2 Å². The van der Waals surface area contributed by atoms with Crippen molar-refractivity contribution in [1.29, 1.82) is 0 Å². The van der Waals surface area contributed by atoms with Crippen molar-refractivity contribution in [3.8, 4) is 0 Å². The normalized spacial score (nSPS) is 40.7. The molecule has 18 heavy (non-hydrogen) atoms. The zero-order valence-electron chi connectivity index (χ0n) is 12.7. The lowest BCUT2D eigenvalue weighted by atomic mass is 9.90. The van der Waals surface area contributed by atoms with Crippen molar-refractivity contribution in [2.24, 2.45) is 5.92 Å². The molecule has 2 aliphatic heterocycles. The minimum absolute atomic E-state index is 0.319. The smallest absolute Gasteiger partial charge is 0.0277 e. The molecule has 0 amide bonds. The van der Waals surface area contributed by atoms with Crippen LogP contribution in [-0.4, -0.2) is 61.2 Å². The van der Waals surface area contributed by atoms with E-state index in [0.717, 1.165) is 12.0 Å². The molecule has 2 heterocycles. The Morgan fingerprint density at radius 2 is 2.11 bits per heavy atom. The Hall–Kier alpha value is -0.120. The van der Waals surface area contributed by atoms with Gasteiger partial charge in [0, 0.05) is 24.7 Å². The van der Waals surface area contributed by atoms with Crippen LogP contribution < -0.4 is 5.32 Å². The fourth-order valence-electron chi connectivity index (χ4n) is 3.66. The largest absolute Gasteiger partial charge is 0.310 e. The first-order chi connectivity index (χ1) is 8.54.